The smallest absolute Gasteiger partial charge is 0.346 e. The summed E-state index contributed by atoms with van der Waals surface area (Å²) in [6.07, 6.45) is -0.554. The minimum Gasteiger partial charge on any atom is -0.489 e. The number of halogens is 2. The van der Waals surface area contributed by atoms with Crippen molar-refractivity contribution >= 4 is 0 Å². The van der Waals surface area contributed by atoms with E-state index < -0.39 is 11.8 Å². The van der Waals surface area contributed by atoms with Gasteiger partial charge in [0.1, 0.15) is 18.7 Å². The van der Waals surface area contributed by atoms with E-state index in [9.17, 15) is 13.6 Å². The van der Waals surface area contributed by atoms with Crippen LogP contribution in [0.15, 0.2) is 77.4 Å². The van der Waals surface area contributed by atoms with Gasteiger partial charge in [-0.05, 0) is 23.3 Å². The maximum absolute atomic E-state index is 12.7. The maximum atomic E-state index is 12.7. The highest BCUT2D eigenvalue weighted by atomic mass is 19.3. The lowest BCUT2D eigenvalue weighted by Gasteiger charge is -2.07. The summed E-state index contributed by atoms with van der Waals surface area (Å²) in [5.41, 5.74) is 6.42. The molecule has 0 fully saturated rings. The van der Waals surface area contributed by atoms with Crippen molar-refractivity contribution in [3.8, 4) is 5.75 Å². The van der Waals surface area contributed by atoms with Crippen molar-refractivity contribution < 1.29 is 13.5 Å². The van der Waals surface area contributed by atoms with Crippen LogP contribution in [0, 0.1) is 0 Å². The molecule has 6 nitrogen and oxygen atoms in total. The Balaban J connectivity index is 1.63. The summed E-state index contributed by atoms with van der Waals surface area (Å²) < 4.78 is 33.5. The van der Waals surface area contributed by atoms with Crippen LogP contribution >= 0.6 is 0 Å². The van der Waals surface area contributed by atoms with Gasteiger partial charge in [0, 0.05) is 12.1 Å². The molecule has 0 atom stereocenters. The molecule has 3 aromatic rings. The van der Waals surface area contributed by atoms with Crippen LogP contribution < -0.4 is 16.2 Å². The number of benzene rings is 2. The fraction of sp³-hybridized carbons (Fsp3) is 0.200. The molecule has 0 amide bonds. The largest absolute Gasteiger partial charge is 0.489 e. The minimum atomic E-state index is -1.88. The summed E-state index contributed by atoms with van der Waals surface area (Å²) in [6, 6.07) is 17.2. The average Bonchev–Trinajstić information content (AvgIpc) is 3.05. The standard InChI is InChI=1S/C20H20F2N4O2/c21-19(22)17(10-23)12-26-20(27)25(14-24-26)11-15-6-8-18(9-7-15)28-13-16-4-2-1-3-5-16/h1-9,14H,10-13,23H2. The van der Waals surface area contributed by atoms with Gasteiger partial charge in [-0.3, -0.25) is 4.57 Å². The number of nitrogens with zero attached hydrogens (tertiary/aromatic N) is 3. The highest BCUT2D eigenvalue weighted by Crippen LogP contribution is 2.15. The van der Waals surface area contributed by atoms with Crippen LogP contribution in [-0.4, -0.2) is 20.9 Å². The molecular formula is C20H20F2N4O2. The lowest BCUT2D eigenvalue weighted by molar-refractivity contribution is 0.306. The van der Waals surface area contributed by atoms with Gasteiger partial charge in [0.25, 0.3) is 6.08 Å². The number of hydrogen-bond donors (Lipinski definition) is 1. The number of rotatable bonds is 8. The van der Waals surface area contributed by atoms with Crippen molar-refractivity contribution in [3.63, 3.8) is 0 Å². The number of ether oxygens (including phenoxy) is 1. The highest BCUT2D eigenvalue weighted by Gasteiger charge is 2.11. The van der Waals surface area contributed by atoms with Crippen LogP contribution in [0.4, 0.5) is 8.78 Å². The lowest BCUT2D eigenvalue weighted by atomic mass is 10.2. The van der Waals surface area contributed by atoms with E-state index in [1.54, 1.807) is 0 Å². The van der Waals surface area contributed by atoms with Crippen LogP contribution in [0.25, 0.3) is 0 Å². The van der Waals surface area contributed by atoms with Gasteiger partial charge < -0.3 is 10.5 Å². The Bertz CT molecular complexity index is 991. The Kier molecular flexibility index (Phi) is 6.33. The molecule has 0 saturated heterocycles. The molecule has 28 heavy (non-hydrogen) atoms. The number of aromatic nitrogens is 3. The second-order valence-corrected chi connectivity index (χ2v) is 6.19. The van der Waals surface area contributed by atoms with Gasteiger partial charge >= 0.3 is 5.69 Å². The molecule has 0 aliphatic heterocycles. The average molecular weight is 386 g/mol. The van der Waals surface area contributed by atoms with E-state index in [-0.39, 0.29) is 25.2 Å². The third-order valence-electron chi connectivity index (χ3n) is 4.18. The van der Waals surface area contributed by atoms with Crippen molar-refractivity contribution in [2.24, 2.45) is 5.73 Å². The van der Waals surface area contributed by atoms with Gasteiger partial charge in [0.15, 0.2) is 0 Å². The van der Waals surface area contributed by atoms with Crippen molar-refractivity contribution in [1.29, 1.82) is 0 Å². The Morgan fingerprint density at radius 1 is 1.04 bits per heavy atom. The normalized spacial score (nSPS) is 10.7. The summed E-state index contributed by atoms with van der Waals surface area (Å²) in [4.78, 5) is 12.3. The van der Waals surface area contributed by atoms with E-state index in [1.165, 1.54) is 10.9 Å². The first-order valence-electron chi connectivity index (χ1n) is 8.68. The Hall–Kier alpha value is -3.26. The quantitative estimate of drug-likeness (QED) is 0.646. The monoisotopic (exact) mass is 386 g/mol. The summed E-state index contributed by atoms with van der Waals surface area (Å²) in [5, 5.41) is 3.88. The van der Waals surface area contributed by atoms with Gasteiger partial charge in [0.05, 0.1) is 13.1 Å². The van der Waals surface area contributed by atoms with Gasteiger partial charge in [-0.2, -0.15) is 13.9 Å². The van der Waals surface area contributed by atoms with E-state index in [1.807, 2.05) is 54.6 Å². The molecule has 0 bridgehead atoms. The molecule has 3 rings (SSSR count). The molecule has 0 spiro atoms. The molecule has 8 heteroatoms. The lowest BCUT2D eigenvalue weighted by Crippen LogP contribution is -2.27. The number of nitrogens with two attached hydrogens (primary N) is 1. The minimum absolute atomic E-state index is 0.275. The molecule has 146 valence electrons. The van der Waals surface area contributed by atoms with Gasteiger partial charge in [0.2, 0.25) is 0 Å². The predicted molar refractivity (Wildman–Crippen MR) is 101 cm³/mol. The first-order chi connectivity index (χ1) is 13.6. The summed E-state index contributed by atoms with van der Waals surface area (Å²) in [7, 11) is 0. The Morgan fingerprint density at radius 3 is 2.39 bits per heavy atom. The van der Waals surface area contributed by atoms with E-state index >= 15 is 0 Å². The summed E-state index contributed by atoms with van der Waals surface area (Å²) in [5.74, 6) is 0.715. The third kappa shape index (κ3) is 4.92. The van der Waals surface area contributed by atoms with Gasteiger partial charge in [-0.25, -0.2) is 9.48 Å². The van der Waals surface area contributed by atoms with Crippen molar-refractivity contribution in [3.05, 3.63) is 94.2 Å². The predicted octanol–water partition coefficient (Wildman–Crippen LogP) is 2.78. The summed E-state index contributed by atoms with van der Waals surface area (Å²) in [6.45, 7) is 0.0924. The van der Waals surface area contributed by atoms with E-state index in [0.717, 1.165) is 15.8 Å². The van der Waals surface area contributed by atoms with Crippen molar-refractivity contribution in [2.75, 3.05) is 6.54 Å². The summed E-state index contributed by atoms with van der Waals surface area (Å²) >= 11 is 0. The van der Waals surface area contributed by atoms with E-state index in [0.29, 0.717) is 12.4 Å². The van der Waals surface area contributed by atoms with Gasteiger partial charge in [-0.1, -0.05) is 42.5 Å². The van der Waals surface area contributed by atoms with Crippen LogP contribution in [0.5, 0.6) is 5.75 Å². The molecule has 0 aliphatic rings. The Morgan fingerprint density at radius 2 is 1.75 bits per heavy atom. The highest BCUT2D eigenvalue weighted by molar-refractivity contribution is 5.28. The van der Waals surface area contributed by atoms with Crippen LogP contribution in [0.2, 0.25) is 0 Å². The van der Waals surface area contributed by atoms with Crippen LogP contribution in [0.3, 0.4) is 0 Å². The van der Waals surface area contributed by atoms with Crippen LogP contribution in [-0.2, 0) is 19.7 Å². The van der Waals surface area contributed by atoms with E-state index in [4.69, 9.17) is 10.5 Å². The zero-order valence-electron chi connectivity index (χ0n) is 15.1. The van der Waals surface area contributed by atoms with Crippen molar-refractivity contribution in [2.45, 2.75) is 19.7 Å². The second kappa shape index (κ2) is 9.09. The molecule has 0 radical (unpaired) electrons. The molecule has 1 aromatic heterocycles. The number of hydrogen-bond acceptors (Lipinski definition) is 4. The zero-order valence-corrected chi connectivity index (χ0v) is 15.1. The molecular weight excluding hydrogens is 366 g/mol. The SMILES string of the molecule is NCC(Cn1ncn(Cc2ccc(OCc3ccccc3)cc2)c1=O)=C(F)F. The fourth-order valence-electron chi connectivity index (χ4n) is 2.60. The fourth-order valence-corrected chi connectivity index (χ4v) is 2.60. The molecule has 2 N–H and O–H groups in total. The first-order valence-corrected chi connectivity index (χ1v) is 8.68. The second-order valence-electron chi connectivity index (χ2n) is 6.19. The molecule has 1 heterocycles. The molecule has 0 unspecified atom stereocenters. The Labute approximate surface area is 160 Å². The van der Waals surface area contributed by atoms with Gasteiger partial charge in [-0.15, -0.1) is 0 Å². The first kappa shape index (κ1) is 19.5. The zero-order chi connectivity index (χ0) is 19.9. The molecule has 0 aliphatic carbocycles. The maximum Gasteiger partial charge on any atom is 0.346 e. The molecule has 2 aromatic carbocycles. The topological polar surface area (TPSA) is 75.1 Å². The molecule has 0 saturated carbocycles. The van der Waals surface area contributed by atoms with Crippen LogP contribution in [0.1, 0.15) is 11.1 Å². The third-order valence-corrected chi connectivity index (χ3v) is 4.18. The van der Waals surface area contributed by atoms with E-state index in [2.05, 4.69) is 5.10 Å². The van der Waals surface area contributed by atoms with Crippen molar-refractivity contribution in [1.82, 2.24) is 14.3 Å².